The van der Waals surface area contributed by atoms with Gasteiger partial charge in [0, 0.05) is 5.75 Å². The van der Waals surface area contributed by atoms with Crippen LogP contribution in [0.1, 0.15) is 19.8 Å². The Kier molecular flexibility index (Phi) is 5.71. The van der Waals surface area contributed by atoms with E-state index >= 15 is 0 Å². The molecular weight excluding hydrogens is 206 g/mol. The minimum atomic E-state index is -3.06. The second-order valence-electron chi connectivity index (χ2n) is 3.07. The van der Waals surface area contributed by atoms with Gasteiger partial charge in [-0.15, -0.1) is 0 Å². The van der Waals surface area contributed by atoms with Crippen LogP contribution < -0.4 is 5.73 Å². The number of hydrogen-bond donors (Lipinski definition) is 1. The Morgan fingerprint density at radius 1 is 1.43 bits per heavy atom. The monoisotopic (exact) mass is 223 g/mol. The first kappa shape index (κ1) is 13.4. The molecule has 0 bridgehead atoms. The SMILES string of the molecule is CCCS(=O)(=O)CCC(N)C(=O)OC. The zero-order chi connectivity index (χ0) is 11.2. The summed E-state index contributed by atoms with van der Waals surface area (Å²) in [6, 6.07) is -0.841. The molecule has 0 aliphatic rings. The summed E-state index contributed by atoms with van der Waals surface area (Å²) >= 11 is 0. The van der Waals surface area contributed by atoms with Gasteiger partial charge in [0.15, 0.2) is 0 Å². The van der Waals surface area contributed by atoms with Gasteiger partial charge in [-0.25, -0.2) is 8.42 Å². The molecule has 6 heteroatoms. The molecule has 0 fully saturated rings. The number of hydrogen-bond acceptors (Lipinski definition) is 5. The number of ether oxygens (including phenoxy) is 1. The van der Waals surface area contributed by atoms with Crippen LogP contribution >= 0.6 is 0 Å². The summed E-state index contributed by atoms with van der Waals surface area (Å²) in [6.45, 7) is 1.79. The van der Waals surface area contributed by atoms with E-state index in [0.717, 1.165) is 0 Å². The highest BCUT2D eigenvalue weighted by Gasteiger charge is 2.17. The van der Waals surface area contributed by atoms with Gasteiger partial charge in [-0.3, -0.25) is 4.79 Å². The lowest BCUT2D eigenvalue weighted by Crippen LogP contribution is -2.33. The molecule has 0 radical (unpaired) electrons. The highest BCUT2D eigenvalue weighted by Crippen LogP contribution is 2.00. The van der Waals surface area contributed by atoms with Crippen LogP contribution in [0.5, 0.6) is 0 Å². The topological polar surface area (TPSA) is 86.5 Å². The number of methoxy groups -OCH3 is 1. The molecule has 0 aromatic heterocycles. The molecule has 84 valence electrons. The van der Waals surface area contributed by atoms with Gasteiger partial charge in [0.1, 0.15) is 15.9 Å². The summed E-state index contributed by atoms with van der Waals surface area (Å²) in [7, 11) is -1.83. The maximum Gasteiger partial charge on any atom is 0.322 e. The summed E-state index contributed by atoms with van der Waals surface area (Å²) < 4.78 is 26.9. The van der Waals surface area contributed by atoms with E-state index in [0.29, 0.717) is 6.42 Å². The van der Waals surface area contributed by atoms with E-state index in [1.54, 1.807) is 6.92 Å². The van der Waals surface area contributed by atoms with Crippen LogP contribution in [-0.4, -0.2) is 39.0 Å². The molecule has 5 nitrogen and oxygen atoms in total. The second-order valence-corrected chi connectivity index (χ2v) is 5.37. The van der Waals surface area contributed by atoms with Crippen molar-refractivity contribution in [2.45, 2.75) is 25.8 Å². The van der Waals surface area contributed by atoms with Crippen molar-refractivity contribution < 1.29 is 17.9 Å². The van der Waals surface area contributed by atoms with Gasteiger partial charge in [0.25, 0.3) is 0 Å². The first-order chi connectivity index (χ1) is 6.43. The number of esters is 1. The van der Waals surface area contributed by atoms with Crippen molar-refractivity contribution in [3.63, 3.8) is 0 Å². The fourth-order valence-electron chi connectivity index (χ4n) is 0.989. The van der Waals surface area contributed by atoms with E-state index in [4.69, 9.17) is 5.73 Å². The van der Waals surface area contributed by atoms with Crippen molar-refractivity contribution in [3.8, 4) is 0 Å². The maximum atomic E-state index is 11.2. The van der Waals surface area contributed by atoms with Gasteiger partial charge in [0.2, 0.25) is 0 Å². The molecule has 0 aliphatic carbocycles. The van der Waals surface area contributed by atoms with Gasteiger partial charge in [0.05, 0.1) is 12.9 Å². The minimum absolute atomic E-state index is 0.0584. The quantitative estimate of drug-likeness (QED) is 0.625. The molecule has 0 rings (SSSR count). The van der Waals surface area contributed by atoms with E-state index in [9.17, 15) is 13.2 Å². The lowest BCUT2D eigenvalue weighted by molar-refractivity contribution is -0.142. The fraction of sp³-hybridized carbons (Fsp3) is 0.875. The van der Waals surface area contributed by atoms with Crippen LogP contribution in [0.4, 0.5) is 0 Å². The average molecular weight is 223 g/mol. The molecule has 0 aromatic rings. The molecule has 0 saturated carbocycles. The molecule has 0 aliphatic heterocycles. The Morgan fingerprint density at radius 3 is 2.43 bits per heavy atom. The third-order valence-corrected chi connectivity index (χ3v) is 3.65. The lowest BCUT2D eigenvalue weighted by atomic mass is 10.2. The molecule has 1 unspecified atom stereocenters. The predicted molar refractivity (Wildman–Crippen MR) is 53.6 cm³/mol. The van der Waals surface area contributed by atoms with Crippen LogP contribution in [0.25, 0.3) is 0 Å². The number of sulfone groups is 1. The summed E-state index contributed by atoms with van der Waals surface area (Å²) in [5.41, 5.74) is 5.39. The number of carbonyl (C=O) groups excluding carboxylic acids is 1. The average Bonchev–Trinajstić information content (AvgIpc) is 2.13. The summed E-state index contributed by atoms with van der Waals surface area (Å²) in [5.74, 6) is -0.491. The minimum Gasteiger partial charge on any atom is -0.468 e. The zero-order valence-corrected chi connectivity index (χ0v) is 9.34. The third kappa shape index (κ3) is 5.18. The summed E-state index contributed by atoms with van der Waals surface area (Å²) in [4.78, 5) is 10.8. The van der Waals surface area contributed by atoms with Crippen LogP contribution in [-0.2, 0) is 19.4 Å². The van der Waals surface area contributed by atoms with Crippen molar-refractivity contribution in [1.82, 2.24) is 0 Å². The molecule has 1 atom stereocenters. The van der Waals surface area contributed by atoms with Crippen molar-refractivity contribution in [3.05, 3.63) is 0 Å². The molecular formula is C8H17NO4S. The third-order valence-electron chi connectivity index (χ3n) is 1.76. The predicted octanol–water partition coefficient (Wildman–Crippen LogP) is -0.298. The molecule has 0 aromatic carbocycles. The smallest absolute Gasteiger partial charge is 0.322 e. The molecule has 0 saturated heterocycles. The normalized spacial score (nSPS) is 13.6. The van der Waals surface area contributed by atoms with Crippen LogP contribution in [0, 0.1) is 0 Å². The Hall–Kier alpha value is -0.620. The number of carbonyl (C=O) groups is 1. The van der Waals surface area contributed by atoms with E-state index in [1.807, 2.05) is 0 Å². The van der Waals surface area contributed by atoms with Gasteiger partial charge >= 0.3 is 5.97 Å². The fourth-order valence-corrected chi connectivity index (χ4v) is 2.43. The van der Waals surface area contributed by atoms with Crippen LogP contribution in [0.15, 0.2) is 0 Å². The summed E-state index contributed by atoms with van der Waals surface area (Å²) in [6.07, 6.45) is 0.699. The maximum absolute atomic E-state index is 11.2. The van der Waals surface area contributed by atoms with E-state index in [2.05, 4.69) is 4.74 Å². The largest absolute Gasteiger partial charge is 0.468 e. The van der Waals surface area contributed by atoms with E-state index in [1.165, 1.54) is 7.11 Å². The van der Waals surface area contributed by atoms with E-state index < -0.39 is 21.8 Å². The number of nitrogens with two attached hydrogens (primary N) is 1. The van der Waals surface area contributed by atoms with Gasteiger partial charge in [-0.05, 0) is 12.8 Å². The first-order valence-electron chi connectivity index (χ1n) is 4.46. The van der Waals surface area contributed by atoms with Crippen molar-refractivity contribution in [1.29, 1.82) is 0 Å². The van der Waals surface area contributed by atoms with Crippen molar-refractivity contribution >= 4 is 15.8 Å². The zero-order valence-electron chi connectivity index (χ0n) is 8.52. The van der Waals surface area contributed by atoms with Gasteiger partial charge in [-0.2, -0.15) is 0 Å². The van der Waals surface area contributed by atoms with E-state index in [-0.39, 0.29) is 17.9 Å². The second kappa shape index (κ2) is 5.98. The lowest BCUT2D eigenvalue weighted by Gasteiger charge is -2.08. The van der Waals surface area contributed by atoms with Crippen molar-refractivity contribution in [2.75, 3.05) is 18.6 Å². The molecule has 0 spiro atoms. The Labute approximate surface area is 84.5 Å². The Morgan fingerprint density at radius 2 is 2.00 bits per heavy atom. The molecule has 14 heavy (non-hydrogen) atoms. The summed E-state index contributed by atoms with van der Waals surface area (Å²) in [5, 5.41) is 0. The molecule has 0 heterocycles. The van der Waals surface area contributed by atoms with Gasteiger partial charge in [-0.1, -0.05) is 6.92 Å². The Bertz CT molecular complexity index is 273. The van der Waals surface area contributed by atoms with Gasteiger partial charge < -0.3 is 10.5 Å². The number of rotatable bonds is 6. The Balaban J connectivity index is 4.00. The highest BCUT2D eigenvalue weighted by molar-refractivity contribution is 7.91. The first-order valence-corrected chi connectivity index (χ1v) is 6.29. The molecule has 2 N–H and O–H groups in total. The molecule has 0 amide bonds. The highest BCUT2D eigenvalue weighted by atomic mass is 32.2. The van der Waals surface area contributed by atoms with Crippen LogP contribution in [0.2, 0.25) is 0 Å². The van der Waals surface area contributed by atoms with Crippen molar-refractivity contribution in [2.24, 2.45) is 5.73 Å². The van der Waals surface area contributed by atoms with Crippen LogP contribution in [0.3, 0.4) is 0 Å². The standard InChI is InChI=1S/C8H17NO4S/c1-3-5-14(11,12)6-4-7(9)8(10)13-2/h7H,3-6,9H2,1-2H3.